The van der Waals surface area contributed by atoms with Gasteiger partial charge in [-0.3, -0.25) is 0 Å². The van der Waals surface area contributed by atoms with Gasteiger partial charge >= 0.3 is 0 Å². The van der Waals surface area contributed by atoms with Crippen LogP contribution < -0.4 is 14.5 Å². The molecule has 0 saturated heterocycles. The van der Waals surface area contributed by atoms with Crippen LogP contribution in [0.5, 0.6) is 5.75 Å². The van der Waals surface area contributed by atoms with Gasteiger partial charge in [0.15, 0.2) is 0 Å². The van der Waals surface area contributed by atoms with Gasteiger partial charge < -0.3 is 14.5 Å². The summed E-state index contributed by atoms with van der Waals surface area (Å²) in [6.45, 7) is 0. The SMILES string of the molecule is COc1ccc(N(c2ccc(C#Cc3ccc(N(c4ccc(Cl)cc4)c4ccc(Cl)cc4)cc3)cc2)c2ccc(-c3c4ccccc4nc4ccccc34)cc2)cc1. The largest absolute Gasteiger partial charge is 0.497 e. The molecule has 0 aliphatic carbocycles. The lowest BCUT2D eigenvalue weighted by Crippen LogP contribution is -2.09. The third-order valence-corrected chi connectivity index (χ3v) is 10.6. The molecule has 0 saturated carbocycles. The van der Waals surface area contributed by atoms with Gasteiger partial charge in [0.05, 0.1) is 18.1 Å². The van der Waals surface area contributed by atoms with E-state index in [9.17, 15) is 0 Å². The number of methoxy groups -OCH3 is 1. The van der Waals surface area contributed by atoms with Crippen molar-refractivity contribution >= 4 is 79.1 Å². The van der Waals surface area contributed by atoms with Crippen LogP contribution in [0.4, 0.5) is 34.1 Å². The van der Waals surface area contributed by atoms with Gasteiger partial charge in [-0.2, -0.15) is 0 Å². The number of halogens is 2. The molecule has 4 nitrogen and oxygen atoms in total. The van der Waals surface area contributed by atoms with Gasteiger partial charge in [0.25, 0.3) is 0 Å². The molecule has 0 fully saturated rings. The number of benzene rings is 8. The zero-order chi connectivity index (χ0) is 39.4. The van der Waals surface area contributed by atoms with Crippen LogP contribution in [-0.4, -0.2) is 12.1 Å². The molecule has 9 aromatic rings. The molecule has 8 aromatic carbocycles. The van der Waals surface area contributed by atoms with E-state index < -0.39 is 0 Å². The summed E-state index contributed by atoms with van der Waals surface area (Å²) in [6, 6.07) is 65.8. The lowest BCUT2D eigenvalue weighted by molar-refractivity contribution is 0.415. The minimum Gasteiger partial charge on any atom is -0.497 e. The summed E-state index contributed by atoms with van der Waals surface area (Å²) < 4.78 is 5.49. The number of para-hydroxylation sites is 2. The van der Waals surface area contributed by atoms with Crippen molar-refractivity contribution in [3.8, 4) is 28.7 Å². The highest BCUT2D eigenvalue weighted by molar-refractivity contribution is 6.31. The number of hydrogen-bond acceptors (Lipinski definition) is 4. The minimum absolute atomic E-state index is 0.686. The number of nitrogens with zero attached hydrogens (tertiary/aromatic N) is 3. The van der Waals surface area contributed by atoms with Crippen molar-refractivity contribution in [1.82, 2.24) is 4.98 Å². The second kappa shape index (κ2) is 16.2. The van der Waals surface area contributed by atoms with Crippen LogP contribution in [0.3, 0.4) is 0 Å². The van der Waals surface area contributed by atoms with E-state index in [1.54, 1.807) is 7.11 Å². The summed E-state index contributed by atoms with van der Waals surface area (Å²) in [6.07, 6.45) is 0. The van der Waals surface area contributed by atoms with Gasteiger partial charge in [0, 0.05) is 71.6 Å². The number of hydrogen-bond donors (Lipinski definition) is 0. The molecule has 0 aliphatic heterocycles. The first-order chi connectivity index (χ1) is 28.5. The number of pyridine rings is 1. The molecular weight excluding hydrogens is 753 g/mol. The van der Waals surface area contributed by atoms with Crippen molar-refractivity contribution in [1.29, 1.82) is 0 Å². The van der Waals surface area contributed by atoms with Crippen molar-refractivity contribution in [3.05, 3.63) is 215 Å². The summed E-state index contributed by atoms with van der Waals surface area (Å²) in [4.78, 5) is 9.34. The maximum Gasteiger partial charge on any atom is 0.119 e. The summed E-state index contributed by atoms with van der Waals surface area (Å²) in [5.41, 5.74) is 12.1. The predicted octanol–water partition coefficient (Wildman–Crippen LogP) is 14.7. The van der Waals surface area contributed by atoms with Gasteiger partial charge in [-0.05, 0) is 151 Å². The standard InChI is InChI=1S/C52H35Cl2N3O/c1-58-47-34-32-46(33-35-47)56(43-26-16-38(17-27-43)52-48-6-2-4-8-50(48)55-51-9-5-3-7-49(51)52)41-22-12-36(13-23-41)10-11-37-14-24-42(25-15-37)57(44-28-18-39(53)19-29-44)45-30-20-40(54)21-31-45/h2-9,12-35H,1H3. The fraction of sp³-hybridized carbons (Fsp3) is 0.0192. The van der Waals surface area contributed by atoms with Crippen LogP contribution in [-0.2, 0) is 0 Å². The van der Waals surface area contributed by atoms with Crippen LogP contribution in [0.2, 0.25) is 10.0 Å². The second-order valence-electron chi connectivity index (χ2n) is 13.7. The second-order valence-corrected chi connectivity index (χ2v) is 14.6. The Kier molecular flexibility index (Phi) is 10.2. The average Bonchev–Trinajstić information content (AvgIpc) is 3.28. The Morgan fingerprint density at radius 2 is 0.759 bits per heavy atom. The molecule has 0 radical (unpaired) electrons. The Morgan fingerprint density at radius 1 is 0.414 bits per heavy atom. The summed E-state index contributed by atoms with van der Waals surface area (Å²) in [7, 11) is 1.68. The molecule has 0 amide bonds. The fourth-order valence-electron chi connectivity index (χ4n) is 7.27. The number of rotatable bonds is 8. The Hall–Kier alpha value is -7.03. The molecule has 0 aliphatic rings. The molecule has 58 heavy (non-hydrogen) atoms. The summed E-state index contributed by atoms with van der Waals surface area (Å²) in [5.74, 6) is 7.53. The number of ether oxygens (including phenoxy) is 1. The Morgan fingerprint density at radius 3 is 1.16 bits per heavy atom. The highest BCUT2D eigenvalue weighted by Gasteiger charge is 2.16. The lowest BCUT2D eigenvalue weighted by atomic mass is 9.96. The number of aromatic nitrogens is 1. The molecule has 278 valence electrons. The quantitative estimate of drug-likeness (QED) is 0.113. The smallest absolute Gasteiger partial charge is 0.119 e. The van der Waals surface area contributed by atoms with E-state index in [0.29, 0.717) is 10.0 Å². The summed E-state index contributed by atoms with van der Waals surface area (Å²) in [5, 5.41) is 3.63. The van der Waals surface area contributed by atoms with Crippen LogP contribution in [0.1, 0.15) is 11.1 Å². The van der Waals surface area contributed by atoms with Crippen molar-refractivity contribution in [3.63, 3.8) is 0 Å². The van der Waals surface area contributed by atoms with Gasteiger partial charge in [-0.15, -0.1) is 0 Å². The first-order valence-electron chi connectivity index (χ1n) is 18.9. The van der Waals surface area contributed by atoms with Crippen molar-refractivity contribution in [2.75, 3.05) is 16.9 Å². The predicted molar refractivity (Wildman–Crippen MR) is 243 cm³/mol. The van der Waals surface area contributed by atoms with E-state index in [2.05, 4.69) is 131 Å². The molecule has 0 bridgehead atoms. The van der Waals surface area contributed by atoms with E-state index in [1.807, 2.05) is 84.9 Å². The van der Waals surface area contributed by atoms with E-state index in [-0.39, 0.29) is 0 Å². The van der Waals surface area contributed by atoms with Crippen LogP contribution in [0.25, 0.3) is 32.9 Å². The van der Waals surface area contributed by atoms with Crippen LogP contribution in [0.15, 0.2) is 194 Å². The summed E-state index contributed by atoms with van der Waals surface area (Å²) >= 11 is 12.4. The molecule has 0 atom stereocenters. The molecular formula is C52H35Cl2N3O. The first-order valence-corrected chi connectivity index (χ1v) is 19.6. The van der Waals surface area contributed by atoms with E-state index in [4.69, 9.17) is 32.9 Å². The van der Waals surface area contributed by atoms with Gasteiger partial charge in [0.1, 0.15) is 5.75 Å². The molecule has 6 heteroatoms. The van der Waals surface area contributed by atoms with Gasteiger partial charge in [-0.25, -0.2) is 4.98 Å². The molecule has 0 N–H and O–H groups in total. The van der Waals surface area contributed by atoms with Crippen molar-refractivity contribution < 1.29 is 4.74 Å². The van der Waals surface area contributed by atoms with Gasteiger partial charge in [0.2, 0.25) is 0 Å². The topological polar surface area (TPSA) is 28.6 Å². The maximum absolute atomic E-state index is 6.22. The minimum atomic E-state index is 0.686. The zero-order valence-corrected chi connectivity index (χ0v) is 33.0. The first kappa shape index (κ1) is 36.6. The fourth-order valence-corrected chi connectivity index (χ4v) is 7.52. The van der Waals surface area contributed by atoms with Crippen LogP contribution >= 0.6 is 23.2 Å². The zero-order valence-electron chi connectivity index (χ0n) is 31.5. The monoisotopic (exact) mass is 787 g/mol. The highest BCUT2D eigenvalue weighted by atomic mass is 35.5. The Bertz CT molecular complexity index is 2820. The third kappa shape index (κ3) is 7.57. The van der Waals surface area contributed by atoms with E-state index in [1.165, 1.54) is 5.56 Å². The average molecular weight is 789 g/mol. The maximum atomic E-state index is 6.22. The number of anilines is 6. The van der Waals surface area contributed by atoms with Gasteiger partial charge in [-0.1, -0.05) is 83.6 Å². The van der Waals surface area contributed by atoms with E-state index in [0.717, 1.165) is 78.4 Å². The number of fused-ring (bicyclic) bond motifs is 2. The van der Waals surface area contributed by atoms with E-state index >= 15 is 0 Å². The normalized spacial score (nSPS) is 10.9. The highest BCUT2D eigenvalue weighted by Crippen LogP contribution is 2.40. The Balaban J connectivity index is 1.01. The van der Waals surface area contributed by atoms with Crippen molar-refractivity contribution in [2.24, 2.45) is 0 Å². The third-order valence-electron chi connectivity index (χ3n) is 10.1. The molecule has 0 spiro atoms. The molecule has 9 rings (SSSR count). The molecule has 0 unspecified atom stereocenters. The molecule has 1 heterocycles. The molecule has 1 aromatic heterocycles. The van der Waals surface area contributed by atoms with Crippen molar-refractivity contribution in [2.45, 2.75) is 0 Å². The van der Waals surface area contributed by atoms with Crippen LogP contribution in [0, 0.1) is 11.8 Å². The Labute approximate surface area is 348 Å². The lowest BCUT2D eigenvalue weighted by Gasteiger charge is -2.26.